The van der Waals surface area contributed by atoms with Gasteiger partial charge in [-0.2, -0.15) is 0 Å². The minimum Gasteiger partial charge on any atom is -0.378 e. The predicted octanol–water partition coefficient (Wildman–Crippen LogP) is 3.49. The Labute approximate surface area is 98.7 Å². The molecule has 2 nitrogen and oxygen atoms in total. The molecular weight excluding hydrogens is 200 g/mol. The number of hydrogen-bond acceptors (Lipinski definition) is 2. The number of hydrogen-bond donors (Lipinski definition) is 0. The fourth-order valence-electron chi connectivity index (χ4n) is 3.10. The average Bonchev–Trinajstić information content (AvgIpc) is 2.90. The van der Waals surface area contributed by atoms with Gasteiger partial charge in [0.25, 0.3) is 0 Å². The summed E-state index contributed by atoms with van der Waals surface area (Å²) >= 11 is 0. The Kier molecular flexibility index (Phi) is 4.01. The maximum atomic E-state index is 12.1. The van der Waals surface area contributed by atoms with Crippen LogP contribution in [0.5, 0.6) is 0 Å². The largest absolute Gasteiger partial charge is 0.378 e. The average molecular weight is 224 g/mol. The van der Waals surface area contributed by atoms with Crippen LogP contribution in [0.3, 0.4) is 0 Å². The predicted molar refractivity (Wildman–Crippen MR) is 64.4 cm³/mol. The van der Waals surface area contributed by atoms with Gasteiger partial charge in [0.15, 0.2) is 0 Å². The summed E-state index contributed by atoms with van der Waals surface area (Å²) in [7, 11) is 0. The lowest BCUT2D eigenvalue weighted by molar-refractivity contribution is -0.127. The second-order valence-corrected chi connectivity index (χ2v) is 5.72. The van der Waals surface area contributed by atoms with Crippen molar-refractivity contribution in [2.75, 3.05) is 6.61 Å². The van der Waals surface area contributed by atoms with Crippen molar-refractivity contribution in [1.29, 1.82) is 0 Å². The molecule has 0 amide bonds. The van der Waals surface area contributed by atoms with E-state index in [0.717, 1.165) is 38.7 Å². The number of rotatable bonds is 5. The van der Waals surface area contributed by atoms with Crippen LogP contribution in [0, 0.1) is 5.41 Å². The van der Waals surface area contributed by atoms with E-state index in [1.165, 1.54) is 25.7 Å². The van der Waals surface area contributed by atoms with Crippen LogP contribution >= 0.6 is 0 Å². The van der Waals surface area contributed by atoms with E-state index in [2.05, 4.69) is 6.92 Å². The smallest absolute Gasteiger partial charge is 0.138 e. The molecule has 1 aliphatic carbocycles. The summed E-state index contributed by atoms with van der Waals surface area (Å²) in [6.45, 7) is 3.09. The van der Waals surface area contributed by atoms with Crippen molar-refractivity contribution in [3.05, 3.63) is 0 Å². The zero-order chi connectivity index (χ0) is 11.4. The van der Waals surface area contributed by atoms with E-state index in [4.69, 9.17) is 4.74 Å². The lowest BCUT2D eigenvalue weighted by Crippen LogP contribution is -2.24. The molecule has 0 radical (unpaired) electrons. The molecule has 2 fully saturated rings. The van der Waals surface area contributed by atoms with Crippen LogP contribution in [-0.4, -0.2) is 18.5 Å². The lowest BCUT2D eigenvalue weighted by atomic mass is 9.82. The summed E-state index contributed by atoms with van der Waals surface area (Å²) in [5, 5.41) is 0. The molecule has 92 valence electrons. The minimum atomic E-state index is 0.0243. The molecule has 1 atom stereocenters. The Bertz CT molecular complexity index is 235. The first-order valence-electron chi connectivity index (χ1n) is 6.86. The van der Waals surface area contributed by atoms with Gasteiger partial charge in [0.2, 0.25) is 0 Å². The van der Waals surface area contributed by atoms with Crippen LogP contribution in [0.15, 0.2) is 0 Å². The molecule has 0 aromatic rings. The standard InChI is InChI=1S/C14H24O2/c1-14(9-2-3-10-14)13(15)8-4-6-12-7-5-11-16-12/h12H,2-11H2,1H3. The number of carbonyl (C=O) groups excluding carboxylic acids is 1. The number of ketones is 1. The molecular formula is C14H24O2. The van der Waals surface area contributed by atoms with Gasteiger partial charge in [0.1, 0.15) is 5.78 Å². The normalized spacial score (nSPS) is 28.4. The maximum Gasteiger partial charge on any atom is 0.138 e. The molecule has 0 aromatic carbocycles. The van der Waals surface area contributed by atoms with Crippen molar-refractivity contribution in [1.82, 2.24) is 0 Å². The van der Waals surface area contributed by atoms with Crippen molar-refractivity contribution in [2.24, 2.45) is 5.41 Å². The van der Waals surface area contributed by atoms with Crippen LogP contribution in [0.4, 0.5) is 0 Å². The number of Topliss-reactive ketones (excluding diaryl/α,β-unsaturated/α-hetero) is 1. The molecule has 1 saturated carbocycles. The third-order valence-corrected chi connectivity index (χ3v) is 4.33. The molecule has 1 aliphatic heterocycles. The highest BCUT2D eigenvalue weighted by Gasteiger charge is 2.35. The molecule has 2 aliphatic rings. The second kappa shape index (κ2) is 5.31. The quantitative estimate of drug-likeness (QED) is 0.714. The highest BCUT2D eigenvalue weighted by atomic mass is 16.5. The molecule has 2 heteroatoms. The van der Waals surface area contributed by atoms with E-state index in [1.807, 2.05) is 0 Å². The van der Waals surface area contributed by atoms with Gasteiger partial charge < -0.3 is 4.74 Å². The Morgan fingerprint density at radius 2 is 2.06 bits per heavy atom. The van der Waals surface area contributed by atoms with Crippen LogP contribution < -0.4 is 0 Å². The van der Waals surface area contributed by atoms with Crippen LogP contribution in [0.25, 0.3) is 0 Å². The first-order valence-corrected chi connectivity index (χ1v) is 6.86. The lowest BCUT2D eigenvalue weighted by Gasteiger charge is -2.21. The van der Waals surface area contributed by atoms with Gasteiger partial charge in [-0.3, -0.25) is 4.79 Å². The van der Waals surface area contributed by atoms with Crippen LogP contribution in [0.2, 0.25) is 0 Å². The van der Waals surface area contributed by atoms with Gasteiger partial charge in [-0.1, -0.05) is 19.8 Å². The fraction of sp³-hybridized carbons (Fsp3) is 0.929. The molecule has 1 saturated heterocycles. The molecule has 0 aromatic heterocycles. The molecule has 16 heavy (non-hydrogen) atoms. The molecule has 1 heterocycles. The molecule has 0 bridgehead atoms. The summed E-state index contributed by atoms with van der Waals surface area (Å²) < 4.78 is 5.57. The summed E-state index contributed by atoms with van der Waals surface area (Å²) in [5.41, 5.74) is 0.0243. The summed E-state index contributed by atoms with van der Waals surface area (Å²) in [6.07, 6.45) is 10.5. The van der Waals surface area contributed by atoms with E-state index in [9.17, 15) is 4.79 Å². The third kappa shape index (κ3) is 2.85. The Hall–Kier alpha value is -0.370. The highest BCUT2D eigenvalue weighted by Crippen LogP contribution is 2.39. The number of carbonyl (C=O) groups is 1. The topological polar surface area (TPSA) is 26.3 Å². The summed E-state index contributed by atoms with van der Waals surface area (Å²) in [4.78, 5) is 12.1. The molecule has 0 spiro atoms. The number of ether oxygens (including phenoxy) is 1. The van der Waals surface area contributed by atoms with E-state index in [-0.39, 0.29) is 5.41 Å². The van der Waals surface area contributed by atoms with Gasteiger partial charge in [0.05, 0.1) is 6.10 Å². The Morgan fingerprint density at radius 1 is 1.31 bits per heavy atom. The minimum absolute atomic E-state index is 0.0243. The van der Waals surface area contributed by atoms with E-state index in [0.29, 0.717) is 11.9 Å². The van der Waals surface area contributed by atoms with Crippen LogP contribution in [-0.2, 0) is 9.53 Å². The zero-order valence-corrected chi connectivity index (χ0v) is 10.5. The van der Waals surface area contributed by atoms with Crippen molar-refractivity contribution in [3.63, 3.8) is 0 Å². The molecule has 0 N–H and O–H groups in total. The van der Waals surface area contributed by atoms with Crippen molar-refractivity contribution < 1.29 is 9.53 Å². The first-order chi connectivity index (χ1) is 7.71. The van der Waals surface area contributed by atoms with Crippen molar-refractivity contribution in [2.45, 2.75) is 70.8 Å². The highest BCUT2D eigenvalue weighted by molar-refractivity contribution is 5.84. The van der Waals surface area contributed by atoms with Crippen molar-refractivity contribution >= 4 is 5.78 Å². The Morgan fingerprint density at radius 3 is 2.69 bits per heavy atom. The maximum absolute atomic E-state index is 12.1. The van der Waals surface area contributed by atoms with Gasteiger partial charge in [-0.25, -0.2) is 0 Å². The monoisotopic (exact) mass is 224 g/mol. The molecule has 1 unspecified atom stereocenters. The fourth-order valence-corrected chi connectivity index (χ4v) is 3.10. The summed E-state index contributed by atoms with van der Waals surface area (Å²) in [6, 6.07) is 0. The van der Waals surface area contributed by atoms with Gasteiger partial charge in [-0.05, 0) is 38.5 Å². The SMILES string of the molecule is CC1(C(=O)CCCC2CCCO2)CCCC1. The Balaban J connectivity index is 1.67. The van der Waals surface area contributed by atoms with E-state index < -0.39 is 0 Å². The van der Waals surface area contributed by atoms with Crippen molar-refractivity contribution in [3.8, 4) is 0 Å². The van der Waals surface area contributed by atoms with Gasteiger partial charge in [0, 0.05) is 18.4 Å². The molecule has 2 rings (SSSR count). The van der Waals surface area contributed by atoms with E-state index in [1.54, 1.807) is 0 Å². The summed E-state index contributed by atoms with van der Waals surface area (Å²) in [5.74, 6) is 0.503. The first kappa shape index (κ1) is 12.1. The van der Waals surface area contributed by atoms with Gasteiger partial charge >= 0.3 is 0 Å². The third-order valence-electron chi connectivity index (χ3n) is 4.33. The zero-order valence-electron chi connectivity index (χ0n) is 10.5. The van der Waals surface area contributed by atoms with E-state index >= 15 is 0 Å². The van der Waals surface area contributed by atoms with Crippen LogP contribution in [0.1, 0.15) is 64.7 Å². The second-order valence-electron chi connectivity index (χ2n) is 5.72. The van der Waals surface area contributed by atoms with Gasteiger partial charge in [-0.15, -0.1) is 0 Å².